The van der Waals surface area contributed by atoms with Crippen molar-refractivity contribution in [2.75, 3.05) is 6.61 Å². The van der Waals surface area contributed by atoms with E-state index >= 15 is 0 Å². The van der Waals surface area contributed by atoms with Crippen LogP contribution in [0.2, 0.25) is 0 Å². The van der Waals surface area contributed by atoms with Crippen LogP contribution in [0.1, 0.15) is 49.4 Å². The fraction of sp³-hybridized carbons (Fsp3) is 0.500. The molecule has 0 saturated heterocycles. The largest absolute Gasteiger partial charge is 0.493 e. The molecule has 0 fully saturated rings. The normalized spacial score (nSPS) is 20.4. The minimum atomic E-state index is 0.0432. The Kier molecular flexibility index (Phi) is 3.92. The van der Waals surface area contributed by atoms with Crippen LogP contribution in [0, 0.1) is 0 Å². The number of rotatable bonds is 4. The van der Waals surface area contributed by atoms with Gasteiger partial charge in [-0.15, -0.1) is 0 Å². The zero-order chi connectivity index (χ0) is 14.8. The van der Waals surface area contributed by atoms with Crippen LogP contribution < -0.4 is 10.5 Å². The highest BCUT2D eigenvalue weighted by molar-refractivity contribution is 5.36. The van der Waals surface area contributed by atoms with Crippen molar-refractivity contribution in [3.63, 3.8) is 0 Å². The molecular formula is C16H21N3O2. The molecule has 0 bridgehead atoms. The van der Waals surface area contributed by atoms with Crippen LogP contribution in [-0.2, 0) is 6.42 Å². The third-order valence-corrected chi connectivity index (χ3v) is 4.20. The minimum absolute atomic E-state index is 0.0432. The van der Waals surface area contributed by atoms with Gasteiger partial charge in [-0.05, 0) is 24.5 Å². The summed E-state index contributed by atoms with van der Waals surface area (Å²) >= 11 is 0. The van der Waals surface area contributed by atoms with Crippen LogP contribution in [-0.4, -0.2) is 22.8 Å². The summed E-state index contributed by atoms with van der Waals surface area (Å²) in [6, 6.07) is 8.13. The lowest BCUT2D eigenvalue weighted by atomic mass is 9.96. The molecule has 1 aliphatic heterocycles. The molecule has 1 aromatic carbocycles. The first-order valence-corrected chi connectivity index (χ1v) is 7.48. The molecule has 3 unspecified atom stereocenters. The average molecular weight is 287 g/mol. The van der Waals surface area contributed by atoms with Gasteiger partial charge in [0, 0.05) is 6.04 Å². The Morgan fingerprint density at radius 2 is 2.19 bits per heavy atom. The van der Waals surface area contributed by atoms with E-state index in [9.17, 15) is 0 Å². The van der Waals surface area contributed by atoms with Gasteiger partial charge in [0.15, 0.2) is 5.82 Å². The molecule has 2 aromatic rings. The molecule has 0 radical (unpaired) electrons. The van der Waals surface area contributed by atoms with E-state index < -0.39 is 0 Å². The highest BCUT2D eigenvalue weighted by Crippen LogP contribution is 2.31. The number of para-hydroxylation sites is 1. The standard InChI is InChI=1S/C16H21N3O2/c1-3-13(17)10(2)16-18-15(19-21-16)12-8-11-6-4-5-7-14(11)20-9-12/h4-7,10,12-13H,3,8-9,17H2,1-2H3. The molecule has 0 amide bonds. The van der Waals surface area contributed by atoms with E-state index in [1.165, 1.54) is 5.56 Å². The van der Waals surface area contributed by atoms with Crippen molar-refractivity contribution in [1.29, 1.82) is 0 Å². The van der Waals surface area contributed by atoms with Gasteiger partial charge >= 0.3 is 0 Å². The van der Waals surface area contributed by atoms with Gasteiger partial charge in [0.1, 0.15) is 5.75 Å². The predicted molar refractivity (Wildman–Crippen MR) is 79.4 cm³/mol. The van der Waals surface area contributed by atoms with E-state index in [0.717, 1.165) is 24.4 Å². The van der Waals surface area contributed by atoms with Gasteiger partial charge in [0.2, 0.25) is 5.89 Å². The Bertz CT molecular complexity index is 611. The molecular weight excluding hydrogens is 266 g/mol. The van der Waals surface area contributed by atoms with Gasteiger partial charge in [0.25, 0.3) is 0 Å². The molecule has 2 heterocycles. The zero-order valence-corrected chi connectivity index (χ0v) is 12.5. The Morgan fingerprint density at radius 1 is 1.38 bits per heavy atom. The molecule has 1 aromatic heterocycles. The Balaban J connectivity index is 1.76. The number of nitrogens with zero attached hydrogens (tertiary/aromatic N) is 2. The van der Waals surface area contributed by atoms with Gasteiger partial charge in [-0.1, -0.05) is 37.2 Å². The van der Waals surface area contributed by atoms with Crippen LogP contribution in [0.3, 0.4) is 0 Å². The summed E-state index contributed by atoms with van der Waals surface area (Å²) in [5.74, 6) is 2.52. The SMILES string of the molecule is CCC(N)C(C)c1nc(C2COc3ccccc3C2)no1. The smallest absolute Gasteiger partial charge is 0.231 e. The van der Waals surface area contributed by atoms with Crippen molar-refractivity contribution >= 4 is 0 Å². The first-order chi connectivity index (χ1) is 10.2. The van der Waals surface area contributed by atoms with E-state index in [1.54, 1.807) is 0 Å². The maximum absolute atomic E-state index is 6.05. The second-order valence-electron chi connectivity index (χ2n) is 5.67. The Labute approximate surface area is 124 Å². The van der Waals surface area contributed by atoms with E-state index in [0.29, 0.717) is 12.5 Å². The van der Waals surface area contributed by atoms with Crippen molar-refractivity contribution in [2.45, 2.75) is 44.6 Å². The molecule has 3 atom stereocenters. The van der Waals surface area contributed by atoms with Crippen molar-refractivity contribution in [2.24, 2.45) is 5.73 Å². The van der Waals surface area contributed by atoms with Gasteiger partial charge in [-0.2, -0.15) is 4.98 Å². The van der Waals surface area contributed by atoms with E-state index in [1.807, 2.05) is 25.1 Å². The van der Waals surface area contributed by atoms with Crippen LogP contribution >= 0.6 is 0 Å². The number of hydrogen-bond donors (Lipinski definition) is 1. The number of aromatic nitrogens is 2. The molecule has 0 aliphatic carbocycles. The molecule has 2 N–H and O–H groups in total. The van der Waals surface area contributed by atoms with Crippen molar-refractivity contribution in [3.8, 4) is 5.75 Å². The summed E-state index contributed by atoms with van der Waals surface area (Å²) in [5, 5.41) is 4.13. The fourth-order valence-electron chi connectivity index (χ4n) is 2.63. The highest BCUT2D eigenvalue weighted by atomic mass is 16.5. The molecule has 112 valence electrons. The van der Waals surface area contributed by atoms with Gasteiger partial charge in [-0.3, -0.25) is 0 Å². The van der Waals surface area contributed by atoms with Gasteiger partial charge < -0.3 is 15.0 Å². The second kappa shape index (κ2) is 5.85. The summed E-state index contributed by atoms with van der Waals surface area (Å²) in [5.41, 5.74) is 7.24. The lowest BCUT2D eigenvalue weighted by molar-refractivity contribution is 0.253. The molecule has 0 saturated carbocycles. The van der Waals surface area contributed by atoms with E-state index in [-0.39, 0.29) is 17.9 Å². The number of benzene rings is 1. The lowest BCUT2D eigenvalue weighted by Crippen LogP contribution is -2.26. The van der Waals surface area contributed by atoms with Crippen LogP contribution in [0.25, 0.3) is 0 Å². The average Bonchev–Trinajstić information content (AvgIpc) is 3.02. The fourth-order valence-corrected chi connectivity index (χ4v) is 2.63. The van der Waals surface area contributed by atoms with E-state index in [4.69, 9.17) is 15.0 Å². The van der Waals surface area contributed by atoms with Crippen molar-refractivity contribution in [1.82, 2.24) is 10.1 Å². The molecule has 1 aliphatic rings. The maximum atomic E-state index is 6.05. The van der Waals surface area contributed by atoms with E-state index in [2.05, 4.69) is 23.1 Å². The minimum Gasteiger partial charge on any atom is -0.493 e. The van der Waals surface area contributed by atoms with Crippen molar-refractivity contribution in [3.05, 3.63) is 41.5 Å². The number of nitrogens with two attached hydrogens (primary N) is 1. The number of fused-ring (bicyclic) bond motifs is 1. The monoisotopic (exact) mass is 287 g/mol. The Hall–Kier alpha value is -1.88. The highest BCUT2D eigenvalue weighted by Gasteiger charge is 2.27. The Morgan fingerprint density at radius 3 is 3.00 bits per heavy atom. The molecule has 5 heteroatoms. The van der Waals surface area contributed by atoms with Crippen LogP contribution in [0.4, 0.5) is 0 Å². The molecule has 3 rings (SSSR count). The lowest BCUT2D eigenvalue weighted by Gasteiger charge is -2.22. The molecule has 5 nitrogen and oxygen atoms in total. The predicted octanol–water partition coefficient (Wildman–Crippen LogP) is 2.63. The van der Waals surface area contributed by atoms with Crippen LogP contribution in [0.5, 0.6) is 5.75 Å². The third-order valence-electron chi connectivity index (χ3n) is 4.20. The second-order valence-corrected chi connectivity index (χ2v) is 5.67. The molecule has 0 spiro atoms. The third kappa shape index (κ3) is 2.78. The first kappa shape index (κ1) is 14.1. The maximum Gasteiger partial charge on any atom is 0.231 e. The summed E-state index contributed by atoms with van der Waals surface area (Å²) < 4.78 is 11.2. The topological polar surface area (TPSA) is 74.2 Å². The van der Waals surface area contributed by atoms with Crippen LogP contribution in [0.15, 0.2) is 28.8 Å². The van der Waals surface area contributed by atoms with Gasteiger partial charge in [-0.25, -0.2) is 0 Å². The quantitative estimate of drug-likeness (QED) is 0.935. The zero-order valence-electron chi connectivity index (χ0n) is 12.5. The summed E-state index contributed by atoms with van der Waals surface area (Å²) in [7, 11) is 0. The summed E-state index contributed by atoms with van der Waals surface area (Å²) in [4.78, 5) is 4.54. The summed E-state index contributed by atoms with van der Waals surface area (Å²) in [6.07, 6.45) is 1.77. The van der Waals surface area contributed by atoms with Gasteiger partial charge in [0.05, 0.1) is 18.4 Å². The number of ether oxygens (including phenoxy) is 1. The van der Waals surface area contributed by atoms with Crippen molar-refractivity contribution < 1.29 is 9.26 Å². The molecule has 21 heavy (non-hydrogen) atoms. The first-order valence-electron chi connectivity index (χ1n) is 7.48. The summed E-state index contributed by atoms with van der Waals surface area (Å²) in [6.45, 7) is 4.67. The number of hydrogen-bond acceptors (Lipinski definition) is 5.